The number of aliphatic hydroxyl groups is 2. The summed E-state index contributed by atoms with van der Waals surface area (Å²) < 4.78 is 51.0. The maximum absolute atomic E-state index is 13.9. The summed E-state index contributed by atoms with van der Waals surface area (Å²) in [7, 11) is 1.25. The summed E-state index contributed by atoms with van der Waals surface area (Å²) in [5.74, 6) is -6.30. The lowest BCUT2D eigenvalue weighted by Gasteiger charge is -2.76. The highest BCUT2D eigenvalue weighted by atomic mass is 17.0. The number of hydrogen-bond acceptors (Lipinski definition) is 14. The first-order valence-electron chi connectivity index (χ1n) is 18.3. The molecule has 3 aliphatic heterocycles. The van der Waals surface area contributed by atoms with Gasteiger partial charge in [0.25, 0.3) is 5.97 Å². The summed E-state index contributed by atoms with van der Waals surface area (Å²) in [6, 6.07) is 1.67. The van der Waals surface area contributed by atoms with E-state index in [1.807, 2.05) is 20.8 Å². The zero-order valence-corrected chi connectivity index (χ0v) is 31.5. The van der Waals surface area contributed by atoms with Crippen molar-refractivity contribution in [2.24, 2.45) is 28.1 Å². The molecule has 6 fully saturated rings. The highest BCUT2D eigenvalue weighted by Gasteiger charge is 3.04. The van der Waals surface area contributed by atoms with Crippen molar-refractivity contribution in [3.8, 4) is 0 Å². The van der Waals surface area contributed by atoms with E-state index in [2.05, 4.69) is 0 Å². The molecule has 2 saturated heterocycles. The van der Waals surface area contributed by atoms with Crippen LogP contribution >= 0.6 is 0 Å². The summed E-state index contributed by atoms with van der Waals surface area (Å²) in [6.45, 7) is 13.5. The number of furan rings is 1. The molecule has 4 heterocycles. The molecular formula is C39H48O14. The number of esters is 4. The van der Waals surface area contributed by atoms with Gasteiger partial charge in [-0.05, 0) is 50.7 Å². The molecule has 53 heavy (non-hydrogen) atoms. The number of methoxy groups -OCH3 is 1. The van der Waals surface area contributed by atoms with Gasteiger partial charge in [-0.3, -0.25) is 9.59 Å². The van der Waals surface area contributed by atoms with Gasteiger partial charge >= 0.3 is 23.9 Å². The van der Waals surface area contributed by atoms with Crippen LogP contribution in [0.15, 0.2) is 46.3 Å². The van der Waals surface area contributed by atoms with E-state index in [-0.39, 0.29) is 24.8 Å². The third-order valence-corrected chi connectivity index (χ3v) is 14.7. The molecule has 288 valence electrons. The first-order valence-corrected chi connectivity index (χ1v) is 18.3. The lowest BCUT2D eigenvalue weighted by Crippen LogP contribution is -2.95. The number of carbonyl (C=O) groups is 4. The Balaban J connectivity index is 1.51. The quantitative estimate of drug-likeness (QED) is 0.223. The Morgan fingerprint density at radius 3 is 2.47 bits per heavy atom. The second kappa shape index (κ2) is 10.8. The first-order chi connectivity index (χ1) is 24.8. The van der Waals surface area contributed by atoms with Crippen molar-refractivity contribution in [3.63, 3.8) is 0 Å². The molecule has 4 bridgehead atoms. The van der Waals surface area contributed by atoms with E-state index in [0.29, 0.717) is 17.6 Å². The van der Waals surface area contributed by atoms with E-state index in [1.54, 1.807) is 39.8 Å². The molecule has 4 aliphatic carbocycles. The molecule has 7 aliphatic rings. The van der Waals surface area contributed by atoms with E-state index in [4.69, 9.17) is 37.6 Å². The Morgan fingerprint density at radius 1 is 1.15 bits per heavy atom. The van der Waals surface area contributed by atoms with E-state index >= 15 is 0 Å². The highest BCUT2D eigenvalue weighted by molar-refractivity contribution is 5.88. The lowest BCUT2D eigenvalue weighted by atomic mass is 9.34. The number of fused-ring (bicyclic) bond motifs is 4. The zero-order valence-electron chi connectivity index (χ0n) is 31.5. The second-order valence-electron chi connectivity index (χ2n) is 16.9. The predicted octanol–water partition coefficient (Wildman–Crippen LogP) is 3.73. The van der Waals surface area contributed by atoms with Crippen LogP contribution in [0.2, 0.25) is 0 Å². The SMILES string of the molecule is CC=C(C)C(=O)O[C@H]1[C@]2(C)C[C@]3(O)[C@@]1(OC(C)=O)[C@H]1O[C@@]4([C@H](C)CC)O[C@@]5([C@H](O)C[C@]6(C)C(=CC(=O)O[C@H]6c6ccoc6)[C@@]15O4)[C@]3(C)[C@H]2CC(=O)OC. The molecule has 8 rings (SSSR count). The van der Waals surface area contributed by atoms with Crippen molar-refractivity contribution in [1.82, 2.24) is 0 Å². The number of ether oxygens (including phenoxy) is 7. The molecule has 1 aromatic heterocycles. The lowest BCUT2D eigenvalue weighted by molar-refractivity contribution is -0.465. The van der Waals surface area contributed by atoms with Crippen LogP contribution in [-0.2, 0) is 52.3 Å². The molecule has 14 heteroatoms. The number of aliphatic hydroxyl groups excluding tert-OH is 1. The predicted molar refractivity (Wildman–Crippen MR) is 179 cm³/mol. The van der Waals surface area contributed by atoms with Crippen LogP contribution in [0.25, 0.3) is 0 Å². The summed E-state index contributed by atoms with van der Waals surface area (Å²) in [5, 5.41) is 26.9. The maximum Gasteiger partial charge on any atom is 0.333 e. The van der Waals surface area contributed by atoms with Gasteiger partial charge in [0.05, 0.1) is 25.7 Å². The molecule has 14 nitrogen and oxygen atoms in total. The molecule has 0 unspecified atom stereocenters. The summed E-state index contributed by atoms with van der Waals surface area (Å²) in [6.07, 6.45) is 0.337. The minimum atomic E-state index is -2.23. The molecule has 14 atom stereocenters. The van der Waals surface area contributed by atoms with Crippen molar-refractivity contribution < 1.29 is 67.0 Å². The van der Waals surface area contributed by atoms with Crippen LogP contribution in [0, 0.1) is 28.1 Å². The minimum Gasteiger partial charge on any atom is -0.472 e. The van der Waals surface area contributed by atoms with Crippen molar-refractivity contribution in [2.75, 3.05) is 7.11 Å². The Hall–Kier alpha value is -3.56. The fraction of sp³-hybridized carbons (Fsp3) is 0.692. The average molecular weight is 741 g/mol. The van der Waals surface area contributed by atoms with Gasteiger partial charge in [0.1, 0.15) is 23.4 Å². The molecule has 1 spiro atoms. The van der Waals surface area contributed by atoms with Crippen LogP contribution in [0.4, 0.5) is 0 Å². The van der Waals surface area contributed by atoms with Gasteiger partial charge in [0, 0.05) is 52.7 Å². The van der Waals surface area contributed by atoms with Crippen molar-refractivity contribution in [1.29, 1.82) is 0 Å². The van der Waals surface area contributed by atoms with Gasteiger partial charge in [0.2, 0.25) is 5.60 Å². The number of carbonyl (C=O) groups excluding carboxylic acids is 4. The molecule has 1 aromatic rings. The van der Waals surface area contributed by atoms with E-state index < -0.39 is 105 Å². The second-order valence-corrected chi connectivity index (χ2v) is 16.9. The van der Waals surface area contributed by atoms with Crippen molar-refractivity contribution in [2.45, 2.75) is 134 Å². The Morgan fingerprint density at radius 2 is 1.87 bits per heavy atom. The number of hydrogen-bond donors (Lipinski definition) is 2. The Bertz CT molecular complexity index is 1870. The van der Waals surface area contributed by atoms with Crippen LogP contribution in [0.5, 0.6) is 0 Å². The maximum atomic E-state index is 13.9. The Kier molecular flexibility index (Phi) is 7.43. The van der Waals surface area contributed by atoms with Crippen LogP contribution in [-0.4, -0.2) is 87.9 Å². The molecule has 0 amide bonds. The zero-order chi connectivity index (χ0) is 38.5. The van der Waals surface area contributed by atoms with Crippen molar-refractivity contribution in [3.05, 3.63) is 47.5 Å². The van der Waals surface area contributed by atoms with E-state index in [9.17, 15) is 29.4 Å². The standard InChI is InChI=1S/C39H48O14/c1-10-19(3)29(44)49-30-33(7)18-35(45)34(8,23(33)14-26(42)46-9)38-25(41)16-32(6)24(15-27(43)48-28(32)22-12-13-47-17-22)36(38)31(37(30,35)50-21(5)40)51-39(52-36,53-38)20(4)11-2/h10,12-13,15,17,20,23,25,28,30-31,41,45H,11,14,16,18H2,1-9H3/t20-,23+,25-,28+,30+,31+,32-,33-,34-,35-,36-,37+,38+,39-/m1/s1. The Labute approximate surface area is 307 Å². The molecule has 0 aromatic carbocycles. The van der Waals surface area contributed by atoms with Gasteiger partial charge in [-0.15, -0.1) is 0 Å². The highest BCUT2D eigenvalue weighted by Crippen LogP contribution is 2.88. The first kappa shape index (κ1) is 36.4. The van der Waals surface area contributed by atoms with Crippen LogP contribution < -0.4 is 0 Å². The average Bonchev–Trinajstić information content (AvgIpc) is 3.90. The van der Waals surface area contributed by atoms with E-state index in [1.165, 1.54) is 32.6 Å². The van der Waals surface area contributed by atoms with Gasteiger partial charge in [0.15, 0.2) is 11.7 Å². The van der Waals surface area contributed by atoms with Gasteiger partial charge < -0.3 is 47.8 Å². The number of cyclic esters (lactones) is 1. The topological polar surface area (TPSA) is 186 Å². The van der Waals surface area contributed by atoms with Gasteiger partial charge in [-0.1, -0.05) is 40.7 Å². The summed E-state index contributed by atoms with van der Waals surface area (Å²) in [5.41, 5.74) is -11.5. The fourth-order valence-corrected chi connectivity index (χ4v) is 12.4. The minimum absolute atomic E-state index is 0.0524. The largest absolute Gasteiger partial charge is 0.472 e. The third-order valence-electron chi connectivity index (χ3n) is 14.7. The normalized spacial score (nSPS) is 49.0. The molecule has 0 radical (unpaired) electrons. The number of rotatable bonds is 8. The molecule has 2 N–H and O–H groups in total. The molecular weight excluding hydrogens is 692 g/mol. The summed E-state index contributed by atoms with van der Waals surface area (Å²) in [4.78, 5) is 54.8. The number of allylic oxidation sites excluding steroid dienone is 1. The van der Waals surface area contributed by atoms with Crippen LogP contribution in [0.3, 0.4) is 0 Å². The summed E-state index contributed by atoms with van der Waals surface area (Å²) >= 11 is 0. The third kappa shape index (κ3) is 3.68. The van der Waals surface area contributed by atoms with Crippen molar-refractivity contribution >= 4 is 23.9 Å². The van der Waals surface area contributed by atoms with Gasteiger partial charge in [-0.25, -0.2) is 9.59 Å². The monoisotopic (exact) mass is 740 g/mol. The smallest absolute Gasteiger partial charge is 0.333 e. The van der Waals surface area contributed by atoms with Gasteiger partial charge in [-0.2, -0.15) is 0 Å². The fourth-order valence-electron chi connectivity index (χ4n) is 12.4. The molecule has 4 saturated carbocycles. The van der Waals surface area contributed by atoms with Crippen LogP contribution in [0.1, 0.15) is 92.7 Å². The van der Waals surface area contributed by atoms with E-state index in [0.717, 1.165) is 0 Å².